The number of primary sulfonamides is 1. The SMILES string of the molecule is NS(=O)(=O)c1ccc(NCc2ccc(-n3ccnc3)cc2)cc1. The minimum absolute atomic E-state index is 0.104. The van der Waals surface area contributed by atoms with Crippen LogP contribution in [0.25, 0.3) is 5.69 Å². The van der Waals surface area contributed by atoms with Crippen LogP contribution in [0, 0.1) is 0 Å². The summed E-state index contributed by atoms with van der Waals surface area (Å²) < 4.78 is 24.3. The van der Waals surface area contributed by atoms with E-state index in [1.807, 2.05) is 35.0 Å². The highest BCUT2D eigenvalue weighted by Gasteiger charge is 2.06. The van der Waals surface area contributed by atoms with Crippen LogP contribution in [-0.2, 0) is 16.6 Å². The van der Waals surface area contributed by atoms with E-state index in [9.17, 15) is 8.42 Å². The first-order valence-corrected chi connectivity index (χ1v) is 8.51. The molecule has 118 valence electrons. The molecule has 0 spiro atoms. The van der Waals surface area contributed by atoms with Crippen LogP contribution in [0.15, 0.2) is 72.1 Å². The van der Waals surface area contributed by atoms with Crippen LogP contribution in [0.5, 0.6) is 0 Å². The number of nitrogens with zero attached hydrogens (tertiary/aromatic N) is 2. The monoisotopic (exact) mass is 328 g/mol. The number of hydrogen-bond acceptors (Lipinski definition) is 4. The number of benzene rings is 2. The molecule has 0 radical (unpaired) electrons. The fraction of sp³-hybridized carbons (Fsp3) is 0.0625. The van der Waals surface area contributed by atoms with Gasteiger partial charge < -0.3 is 9.88 Å². The zero-order valence-electron chi connectivity index (χ0n) is 12.3. The average Bonchev–Trinajstić information content (AvgIpc) is 3.07. The molecule has 1 heterocycles. The second kappa shape index (κ2) is 6.23. The maximum absolute atomic E-state index is 11.2. The number of nitrogens with one attached hydrogen (secondary N) is 1. The molecule has 0 fully saturated rings. The molecule has 1 aromatic heterocycles. The third kappa shape index (κ3) is 3.77. The molecule has 3 rings (SSSR count). The highest BCUT2D eigenvalue weighted by Crippen LogP contribution is 2.15. The van der Waals surface area contributed by atoms with Gasteiger partial charge in [0.25, 0.3) is 0 Å². The summed E-state index contributed by atoms with van der Waals surface area (Å²) in [5.41, 5.74) is 2.99. The van der Waals surface area contributed by atoms with Crippen molar-refractivity contribution in [3.63, 3.8) is 0 Å². The Morgan fingerprint density at radius 3 is 2.30 bits per heavy atom. The van der Waals surface area contributed by atoms with Gasteiger partial charge in [-0.2, -0.15) is 0 Å². The van der Waals surface area contributed by atoms with Crippen LogP contribution in [0.2, 0.25) is 0 Å². The number of aromatic nitrogens is 2. The second-order valence-corrected chi connectivity index (χ2v) is 6.62. The number of nitrogens with two attached hydrogens (primary N) is 1. The Kier molecular flexibility index (Phi) is 4.14. The summed E-state index contributed by atoms with van der Waals surface area (Å²) in [7, 11) is -3.65. The van der Waals surface area contributed by atoms with Crippen molar-refractivity contribution in [2.75, 3.05) is 5.32 Å². The van der Waals surface area contributed by atoms with Crippen LogP contribution in [0.3, 0.4) is 0 Å². The standard InChI is InChI=1S/C16H16N4O2S/c17-23(21,22)16-7-3-14(4-8-16)19-11-13-1-5-15(6-2-13)20-10-9-18-12-20/h1-10,12,19H,11H2,(H2,17,21,22). The van der Waals surface area contributed by atoms with Crippen molar-refractivity contribution in [2.24, 2.45) is 5.14 Å². The summed E-state index contributed by atoms with van der Waals surface area (Å²) in [6.07, 6.45) is 5.38. The van der Waals surface area contributed by atoms with Gasteiger partial charge in [0.15, 0.2) is 0 Å². The lowest BCUT2D eigenvalue weighted by atomic mass is 10.2. The Morgan fingerprint density at radius 2 is 1.74 bits per heavy atom. The molecule has 23 heavy (non-hydrogen) atoms. The first kappa shape index (κ1) is 15.3. The Morgan fingerprint density at radius 1 is 1.04 bits per heavy atom. The summed E-state index contributed by atoms with van der Waals surface area (Å²) in [6.45, 7) is 0.638. The van der Waals surface area contributed by atoms with Crippen LogP contribution < -0.4 is 10.5 Å². The smallest absolute Gasteiger partial charge is 0.238 e. The first-order chi connectivity index (χ1) is 11.0. The molecule has 0 saturated carbocycles. The minimum Gasteiger partial charge on any atom is -0.381 e. The fourth-order valence-electron chi connectivity index (χ4n) is 2.16. The quantitative estimate of drug-likeness (QED) is 0.751. The van der Waals surface area contributed by atoms with E-state index in [0.717, 1.165) is 16.9 Å². The lowest BCUT2D eigenvalue weighted by Crippen LogP contribution is -2.12. The van der Waals surface area contributed by atoms with Crippen LogP contribution >= 0.6 is 0 Å². The third-order valence-electron chi connectivity index (χ3n) is 3.42. The van der Waals surface area contributed by atoms with Crippen LogP contribution in [0.4, 0.5) is 5.69 Å². The maximum atomic E-state index is 11.2. The van der Waals surface area contributed by atoms with Crippen molar-refractivity contribution < 1.29 is 8.42 Å². The molecular weight excluding hydrogens is 312 g/mol. The molecule has 2 aromatic carbocycles. The normalized spacial score (nSPS) is 11.3. The fourth-order valence-corrected chi connectivity index (χ4v) is 2.68. The van der Waals surface area contributed by atoms with E-state index in [2.05, 4.69) is 10.3 Å². The lowest BCUT2D eigenvalue weighted by Gasteiger charge is -2.08. The number of anilines is 1. The number of hydrogen-bond donors (Lipinski definition) is 2. The van der Waals surface area contributed by atoms with Crippen LogP contribution in [-0.4, -0.2) is 18.0 Å². The Bertz CT molecular complexity index is 871. The molecular formula is C16H16N4O2S. The van der Waals surface area contributed by atoms with Gasteiger partial charge in [0.05, 0.1) is 11.2 Å². The van der Waals surface area contributed by atoms with Crippen molar-refractivity contribution in [1.82, 2.24) is 9.55 Å². The molecule has 0 bridgehead atoms. The van der Waals surface area contributed by atoms with Gasteiger partial charge in [-0.15, -0.1) is 0 Å². The lowest BCUT2D eigenvalue weighted by molar-refractivity contribution is 0.598. The Hall–Kier alpha value is -2.64. The molecule has 0 unspecified atom stereocenters. The van der Waals surface area contributed by atoms with Gasteiger partial charge in [0.1, 0.15) is 0 Å². The van der Waals surface area contributed by atoms with E-state index >= 15 is 0 Å². The number of rotatable bonds is 5. The molecule has 0 aliphatic heterocycles. The van der Waals surface area contributed by atoms with Gasteiger partial charge in [-0.3, -0.25) is 0 Å². The largest absolute Gasteiger partial charge is 0.381 e. The van der Waals surface area contributed by atoms with Crippen molar-refractivity contribution >= 4 is 15.7 Å². The van der Waals surface area contributed by atoms with Gasteiger partial charge in [-0.25, -0.2) is 18.5 Å². The third-order valence-corrected chi connectivity index (χ3v) is 4.35. The van der Waals surface area contributed by atoms with Gasteiger partial charge >= 0.3 is 0 Å². The number of sulfonamides is 1. The second-order valence-electron chi connectivity index (χ2n) is 5.06. The van der Waals surface area contributed by atoms with Gasteiger partial charge in [-0.1, -0.05) is 12.1 Å². The zero-order valence-corrected chi connectivity index (χ0v) is 13.1. The van der Waals surface area contributed by atoms with E-state index in [1.54, 1.807) is 24.7 Å². The van der Waals surface area contributed by atoms with Crippen LogP contribution in [0.1, 0.15) is 5.56 Å². The van der Waals surface area contributed by atoms with E-state index in [0.29, 0.717) is 6.54 Å². The van der Waals surface area contributed by atoms with Gasteiger partial charge in [0.2, 0.25) is 10.0 Å². The van der Waals surface area contributed by atoms with Crippen molar-refractivity contribution in [3.05, 3.63) is 72.8 Å². The summed E-state index contributed by atoms with van der Waals surface area (Å²) in [4.78, 5) is 4.12. The number of imidazole rings is 1. The van der Waals surface area contributed by atoms with Gasteiger partial charge in [-0.05, 0) is 42.0 Å². The molecule has 0 aliphatic rings. The highest BCUT2D eigenvalue weighted by atomic mass is 32.2. The highest BCUT2D eigenvalue weighted by molar-refractivity contribution is 7.89. The molecule has 0 atom stereocenters. The molecule has 0 amide bonds. The molecule has 3 aromatic rings. The molecule has 0 saturated heterocycles. The predicted molar refractivity (Wildman–Crippen MR) is 88.7 cm³/mol. The topological polar surface area (TPSA) is 90.0 Å². The van der Waals surface area contributed by atoms with Crippen molar-refractivity contribution in [1.29, 1.82) is 0 Å². The zero-order chi connectivity index (χ0) is 16.3. The molecule has 0 aliphatic carbocycles. The van der Waals surface area contributed by atoms with Crippen molar-refractivity contribution in [3.8, 4) is 5.69 Å². The van der Waals surface area contributed by atoms with Crippen molar-refractivity contribution in [2.45, 2.75) is 11.4 Å². The summed E-state index contributed by atoms with van der Waals surface area (Å²) in [5.74, 6) is 0. The average molecular weight is 328 g/mol. The van der Waals surface area contributed by atoms with E-state index in [-0.39, 0.29) is 4.90 Å². The Balaban J connectivity index is 1.64. The molecule has 7 heteroatoms. The van der Waals surface area contributed by atoms with E-state index in [4.69, 9.17) is 5.14 Å². The summed E-state index contributed by atoms with van der Waals surface area (Å²) in [6, 6.07) is 14.5. The van der Waals surface area contributed by atoms with E-state index < -0.39 is 10.0 Å². The predicted octanol–water partition coefficient (Wildman–Crippen LogP) is 2.13. The summed E-state index contributed by atoms with van der Waals surface area (Å²) >= 11 is 0. The minimum atomic E-state index is -3.65. The van der Waals surface area contributed by atoms with E-state index in [1.165, 1.54) is 12.1 Å². The molecule has 6 nitrogen and oxygen atoms in total. The van der Waals surface area contributed by atoms with Gasteiger partial charge in [0, 0.05) is 30.3 Å². The molecule has 3 N–H and O–H groups in total. The maximum Gasteiger partial charge on any atom is 0.238 e. The summed E-state index contributed by atoms with van der Waals surface area (Å²) in [5, 5.41) is 8.31. The first-order valence-electron chi connectivity index (χ1n) is 6.96. The Labute approximate surface area is 134 Å².